The summed E-state index contributed by atoms with van der Waals surface area (Å²) < 4.78 is 5.67. The van der Waals surface area contributed by atoms with E-state index in [1.54, 1.807) is 0 Å². The molecule has 1 aliphatic heterocycles. The molecule has 0 spiro atoms. The summed E-state index contributed by atoms with van der Waals surface area (Å²) in [6.45, 7) is 11.6. The van der Waals surface area contributed by atoms with E-state index in [2.05, 4.69) is 32.6 Å². The van der Waals surface area contributed by atoms with Crippen molar-refractivity contribution < 1.29 is 4.74 Å². The van der Waals surface area contributed by atoms with Gasteiger partial charge in [0.15, 0.2) is 0 Å². The van der Waals surface area contributed by atoms with Crippen molar-refractivity contribution >= 4 is 0 Å². The molecule has 3 nitrogen and oxygen atoms in total. The Morgan fingerprint density at radius 3 is 2.69 bits per heavy atom. The number of nitrogens with zero attached hydrogens (tertiary/aromatic N) is 1. The first-order valence-electron chi connectivity index (χ1n) is 6.67. The Labute approximate surface area is 100 Å². The fraction of sp³-hybridized carbons (Fsp3) is 1.00. The predicted molar refractivity (Wildman–Crippen MR) is 68.5 cm³/mol. The molecule has 1 saturated heterocycles. The number of rotatable bonds is 5. The van der Waals surface area contributed by atoms with Gasteiger partial charge in [0.05, 0.1) is 12.7 Å². The molecule has 1 heterocycles. The summed E-state index contributed by atoms with van der Waals surface area (Å²) in [5, 5.41) is 0. The van der Waals surface area contributed by atoms with E-state index in [0.717, 1.165) is 19.7 Å². The van der Waals surface area contributed by atoms with E-state index in [9.17, 15) is 0 Å². The van der Waals surface area contributed by atoms with Crippen LogP contribution >= 0.6 is 0 Å². The van der Waals surface area contributed by atoms with Crippen LogP contribution in [0.4, 0.5) is 0 Å². The second kappa shape index (κ2) is 6.58. The van der Waals surface area contributed by atoms with E-state index in [1.807, 2.05) is 0 Å². The molecule has 3 heteroatoms. The maximum atomic E-state index is 5.96. The smallest absolute Gasteiger partial charge is 0.0674 e. The summed E-state index contributed by atoms with van der Waals surface area (Å²) in [6.07, 6.45) is 2.85. The molecule has 0 bridgehead atoms. The number of nitrogens with two attached hydrogens (primary N) is 1. The lowest BCUT2D eigenvalue weighted by atomic mass is 9.93. The van der Waals surface area contributed by atoms with Crippen molar-refractivity contribution in [3.8, 4) is 0 Å². The van der Waals surface area contributed by atoms with Gasteiger partial charge in [-0.25, -0.2) is 0 Å². The zero-order valence-corrected chi connectivity index (χ0v) is 11.3. The molecular formula is C13H28N2O. The number of morpholine rings is 1. The van der Waals surface area contributed by atoms with Gasteiger partial charge in [-0.3, -0.25) is 4.90 Å². The van der Waals surface area contributed by atoms with Gasteiger partial charge < -0.3 is 10.5 Å². The standard InChI is InChI=1S/C13H28N2O/c1-5-6-10(2)13(7-14)15-8-12(4)16-9-11(15)3/h10-13H,5-9,14H2,1-4H3. The molecule has 16 heavy (non-hydrogen) atoms. The van der Waals surface area contributed by atoms with Gasteiger partial charge in [-0.2, -0.15) is 0 Å². The van der Waals surface area contributed by atoms with Crippen LogP contribution in [0.25, 0.3) is 0 Å². The van der Waals surface area contributed by atoms with E-state index >= 15 is 0 Å². The predicted octanol–water partition coefficient (Wildman–Crippen LogP) is 1.86. The van der Waals surface area contributed by atoms with Crippen molar-refractivity contribution in [1.82, 2.24) is 4.90 Å². The topological polar surface area (TPSA) is 38.5 Å². The molecule has 0 aromatic carbocycles. The summed E-state index contributed by atoms with van der Waals surface area (Å²) >= 11 is 0. The van der Waals surface area contributed by atoms with Crippen molar-refractivity contribution in [1.29, 1.82) is 0 Å². The van der Waals surface area contributed by atoms with E-state index in [4.69, 9.17) is 10.5 Å². The molecule has 0 aromatic heterocycles. The Morgan fingerprint density at radius 1 is 1.44 bits per heavy atom. The molecule has 1 fully saturated rings. The van der Waals surface area contributed by atoms with Crippen molar-refractivity contribution in [2.24, 2.45) is 11.7 Å². The zero-order chi connectivity index (χ0) is 12.1. The Balaban J connectivity index is 2.62. The first kappa shape index (κ1) is 13.9. The first-order chi connectivity index (χ1) is 7.60. The highest BCUT2D eigenvalue weighted by Gasteiger charge is 2.31. The van der Waals surface area contributed by atoms with Crippen molar-refractivity contribution in [2.75, 3.05) is 19.7 Å². The molecule has 0 aliphatic carbocycles. The Kier molecular flexibility index (Phi) is 5.73. The van der Waals surface area contributed by atoms with Crippen LogP contribution < -0.4 is 5.73 Å². The highest BCUT2D eigenvalue weighted by atomic mass is 16.5. The number of hydrogen-bond acceptors (Lipinski definition) is 3. The van der Waals surface area contributed by atoms with E-state index in [0.29, 0.717) is 24.1 Å². The lowest BCUT2D eigenvalue weighted by Crippen LogP contribution is -2.56. The van der Waals surface area contributed by atoms with Gasteiger partial charge in [0.25, 0.3) is 0 Å². The average Bonchev–Trinajstić information content (AvgIpc) is 2.24. The van der Waals surface area contributed by atoms with Crippen molar-refractivity contribution in [2.45, 2.75) is 58.7 Å². The molecule has 1 aliphatic rings. The molecule has 0 saturated carbocycles. The minimum atomic E-state index is 0.346. The van der Waals surface area contributed by atoms with Crippen LogP contribution in [0.15, 0.2) is 0 Å². The molecule has 0 amide bonds. The fourth-order valence-electron chi connectivity index (χ4n) is 2.73. The molecule has 1 rings (SSSR count). The van der Waals surface area contributed by atoms with Gasteiger partial charge in [0.1, 0.15) is 0 Å². The second-order valence-electron chi connectivity index (χ2n) is 5.26. The summed E-state index contributed by atoms with van der Waals surface area (Å²) in [6, 6.07) is 1.02. The van der Waals surface area contributed by atoms with E-state index in [1.165, 1.54) is 12.8 Å². The molecule has 0 aromatic rings. The van der Waals surface area contributed by atoms with Crippen LogP contribution in [0.3, 0.4) is 0 Å². The SMILES string of the molecule is CCCC(C)C(CN)N1CC(C)OCC1C. The summed E-state index contributed by atoms with van der Waals surface area (Å²) in [5.74, 6) is 0.683. The van der Waals surface area contributed by atoms with Gasteiger partial charge in [-0.05, 0) is 26.2 Å². The first-order valence-corrected chi connectivity index (χ1v) is 6.67. The van der Waals surface area contributed by atoms with Crippen LogP contribution in [0.5, 0.6) is 0 Å². The molecule has 96 valence electrons. The van der Waals surface area contributed by atoms with E-state index < -0.39 is 0 Å². The van der Waals surface area contributed by atoms with Gasteiger partial charge in [0, 0.05) is 25.2 Å². The molecule has 4 unspecified atom stereocenters. The van der Waals surface area contributed by atoms with Gasteiger partial charge >= 0.3 is 0 Å². The molecule has 4 atom stereocenters. The lowest BCUT2D eigenvalue weighted by Gasteiger charge is -2.43. The molecule has 0 radical (unpaired) electrons. The number of ether oxygens (including phenoxy) is 1. The Morgan fingerprint density at radius 2 is 2.12 bits per heavy atom. The van der Waals surface area contributed by atoms with Crippen LogP contribution in [0, 0.1) is 5.92 Å². The zero-order valence-electron chi connectivity index (χ0n) is 11.3. The largest absolute Gasteiger partial charge is 0.376 e. The Hall–Kier alpha value is -0.120. The van der Waals surface area contributed by atoms with Gasteiger partial charge in [0.2, 0.25) is 0 Å². The second-order valence-corrected chi connectivity index (χ2v) is 5.26. The summed E-state index contributed by atoms with van der Waals surface area (Å²) in [5.41, 5.74) is 5.96. The highest BCUT2D eigenvalue weighted by Crippen LogP contribution is 2.21. The monoisotopic (exact) mass is 228 g/mol. The minimum absolute atomic E-state index is 0.346. The third-order valence-electron chi connectivity index (χ3n) is 3.72. The average molecular weight is 228 g/mol. The van der Waals surface area contributed by atoms with Crippen LogP contribution in [0.2, 0.25) is 0 Å². The third kappa shape index (κ3) is 3.44. The van der Waals surface area contributed by atoms with Crippen LogP contribution in [0.1, 0.15) is 40.5 Å². The van der Waals surface area contributed by atoms with Crippen LogP contribution in [-0.2, 0) is 4.74 Å². The van der Waals surface area contributed by atoms with Crippen molar-refractivity contribution in [3.63, 3.8) is 0 Å². The van der Waals surface area contributed by atoms with Gasteiger partial charge in [-0.15, -0.1) is 0 Å². The summed E-state index contributed by atoms with van der Waals surface area (Å²) in [4.78, 5) is 2.55. The maximum Gasteiger partial charge on any atom is 0.0674 e. The Bertz CT molecular complexity index is 198. The highest BCUT2D eigenvalue weighted by molar-refractivity contribution is 4.85. The quantitative estimate of drug-likeness (QED) is 0.780. The maximum absolute atomic E-state index is 5.96. The lowest BCUT2D eigenvalue weighted by molar-refractivity contribution is -0.0728. The normalized spacial score (nSPS) is 31.3. The summed E-state index contributed by atoms with van der Waals surface area (Å²) in [7, 11) is 0. The fourth-order valence-corrected chi connectivity index (χ4v) is 2.73. The third-order valence-corrected chi connectivity index (χ3v) is 3.72. The molecular weight excluding hydrogens is 200 g/mol. The minimum Gasteiger partial charge on any atom is -0.376 e. The van der Waals surface area contributed by atoms with Crippen LogP contribution in [-0.4, -0.2) is 42.8 Å². The van der Waals surface area contributed by atoms with Crippen molar-refractivity contribution in [3.05, 3.63) is 0 Å². The van der Waals surface area contributed by atoms with E-state index in [-0.39, 0.29) is 0 Å². The molecule has 2 N–H and O–H groups in total. The number of hydrogen-bond donors (Lipinski definition) is 1. The van der Waals surface area contributed by atoms with Gasteiger partial charge in [-0.1, -0.05) is 20.3 Å².